The predicted octanol–water partition coefficient (Wildman–Crippen LogP) is 2.00. The highest BCUT2D eigenvalue weighted by Gasteiger charge is 2.21. The van der Waals surface area contributed by atoms with Gasteiger partial charge in [-0.1, -0.05) is 32.6 Å². The van der Waals surface area contributed by atoms with Crippen molar-refractivity contribution in [3.05, 3.63) is 0 Å². The summed E-state index contributed by atoms with van der Waals surface area (Å²) in [5, 5.41) is 8.67. The van der Waals surface area contributed by atoms with Crippen LogP contribution < -0.4 is 5.73 Å². The Morgan fingerprint density at radius 1 is 1.50 bits per heavy atom. The van der Waals surface area contributed by atoms with Gasteiger partial charge in [-0.15, -0.1) is 0 Å². The van der Waals surface area contributed by atoms with Gasteiger partial charge in [-0.2, -0.15) is 0 Å². The standard InChI is InChI=1S/C11H21NO2/c1-8(7-10(12)11(13)14)6-9-4-2-3-5-9/h8-10H,2-7,12H2,1H3,(H,13,14)/t8?,10-/m1/s1. The van der Waals surface area contributed by atoms with Crippen LogP contribution in [-0.4, -0.2) is 17.1 Å². The van der Waals surface area contributed by atoms with Crippen molar-refractivity contribution in [3.8, 4) is 0 Å². The van der Waals surface area contributed by atoms with Crippen LogP contribution in [0.25, 0.3) is 0 Å². The minimum absolute atomic E-state index is 0.448. The molecule has 1 saturated carbocycles. The van der Waals surface area contributed by atoms with Crippen molar-refractivity contribution >= 4 is 5.97 Å². The van der Waals surface area contributed by atoms with Gasteiger partial charge in [0.05, 0.1) is 0 Å². The third-order valence-corrected chi connectivity index (χ3v) is 3.18. The van der Waals surface area contributed by atoms with Crippen LogP contribution in [0.15, 0.2) is 0 Å². The Morgan fingerprint density at radius 2 is 2.07 bits per heavy atom. The maximum Gasteiger partial charge on any atom is 0.320 e. The van der Waals surface area contributed by atoms with E-state index in [1.807, 2.05) is 0 Å². The SMILES string of the molecule is CC(CC1CCCC1)C[C@@H](N)C(=O)O. The number of nitrogens with two attached hydrogens (primary N) is 1. The molecule has 1 aliphatic carbocycles. The highest BCUT2D eigenvalue weighted by molar-refractivity contribution is 5.72. The molecule has 82 valence electrons. The smallest absolute Gasteiger partial charge is 0.320 e. The first-order valence-electron chi connectivity index (χ1n) is 5.58. The van der Waals surface area contributed by atoms with E-state index in [1.165, 1.54) is 25.7 Å². The average molecular weight is 199 g/mol. The van der Waals surface area contributed by atoms with Gasteiger partial charge in [0.1, 0.15) is 6.04 Å². The number of carboxylic acids is 1. The Kier molecular flexibility index (Phi) is 4.39. The quantitative estimate of drug-likeness (QED) is 0.712. The lowest BCUT2D eigenvalue weighted by molar-refractivity contribution is -0.138. The van der Waals surface area contributed by atoms with E-state index in [-0.39, 0.29) is 0 Å². The molecule has 0 aromatic heterocycles. The van der Waals surface area contributed by atoms with Crippen LogP contribution >= 0.6 is 0 Å². The van der Waals surface area contributed by atoms with Gasteiger partial charge in [-0.3, -0.25) is 4.79 Å². The van der Waals surface area contributed by atoms with E-state index in [9.17, 15) is 4.79 Å². The van der Waals surface area contributed by atoms with Crippen LogP contribution in [0, 0.1) is 11.8 Å². The van der Waals surface area contributed by atoms with Crippen LogP contribution in [0.5, 0.6) is 0 Å². The largest absolute Gasteiger partial charge is 0.480 e. The number of rotatable bonds is 5. The topological polar surface area (TPSA) is 63.3 Å². The summed E-state index contributed by atoms with van der Waals surface area (Å²) in [6, 6.07) is -0.675. The zero-order chi connectivity index (χ0) is 10.6. The van der Waals surface area contributed by atoms with Gasteiger partial charge in [0.15, 0.2) is 0 Å². The molecule has 2 atom stereocenters. The highest BCUT2D eigenvalue weighted by Crippen LogP contribution is 2.31. The Balaban J connectivity index is 2.20. The van der Waals surface area contributed by atoms with Crippen molar-refractivity contribution in [1.29, 1.82) is 0 Å². The summed E-state index contributed by atoms with van der Waals surface area (Å²) in [5.74, 6) is 0.401. The van der Waals surface area contributed by atoms with E-state index in [0.29, 0.717) is 12.3 Å². The molecule has 0 bridgehead atoms. The van der Waals surface area contributed by atoms with Crippen LogP contribution in [0.3, 0.4) is 0 Å². The number of hydrogen-bond acceptors (Lipinski definition) is 2. The van der Waals surface area contributed by atoms with Gasteiger partial charge in [-0.25, -0.2) is 0 Å². The van der Waals surface area contributed by atoms with Crippen molar-refractivity contribution < 1.29 is 9.90 Å². The van der Waals surface area contributed by atoms with Crippen LogP contribution in [0.2, 0.25) is 0 Å². The lowest BCUT2D eigenvalue weighted by atomic mass is 9.90. The molecule has 1 fully saturated rings. The maximum atomic E-state index is 10.5. The number of hydrogen-bond donors (Lipinski definition) is 2. The van der Waals surface area contributed by atoms with Crippen molar-refractivity contribution in [3.63, 3.8) is 0 Å². The first kappa shape index (κ1) is 11.5. The molecule has 1 aliphatic rings. The minimum atomic E-state index is -0.872. The highest BCUT2D eigenvalue weighted by atomic mass is 16.4. The van der Waals surface area contributed by atoms with Gasteiger partial charge in [0.2, 0.25) is 0 Å². The third kappa shape index (κ3) is 3.66. The van der Waals surface area contributed by atoms with Gasteiger partial charge in [-0.05, 0) is 24.7 Å². The Labute approximate surface area is 85.7 Å². The zero-order valence-electron chi connectivity index (χ0n) is 8.91. The van der Waals surface area contributed by atoms with Gasteiger partial charge < -0.3 is 10.8 Å². The molecule has 14 heavy (non-hydrogen) atoms. The van der Waals surface area contributed by atoms with Gasteiger partial charge in [0.25, 0.3) is 0 Å². The van der Waals surface area contributed by atoms with Gasteiger partial charge >= 0.3 is 5.97 Å². The fourth-order valence-electron chi connectivity index (χ4n) is 2.45. The fraction of sp³-hybridized carbons (Fsp3) is 0.909. The number of carbonyl (C=O) groups is 1. The molecule has 3 nitrogen and oxygen atoms in total. The Hall–Kier alpha value is -0.570. The van der Waals surface area contributed by atoms with Crippen molar-refractivity contribution in [2.45, 2.75) is 51.5 Å². The molecule has 1 rings (SSSR count). The molecule has 0 aliphatic heterocycles. The van der Waals surface area contributed by atoms with E-state index >= 15 is 0 Å². The van der Waals surface area contributed by atoms with Crippen LogP contribution in [0.1, 0.15) is 45.4 Å². The third-order valence-electron chi connectivity index (χ3n) is 3.18. The molecule has 0 aromatic rings. The lowest BCUT2D eigenvalue weighted by Gasteiger charge is -2.17. The molecular formula is C11H21NO2. The first-order chi connectivity index (χ1) is 6.59. The molecule has 0 radical (unpaired) electrons. The summed E-state index contributed by atoms with van der Waals surface area (Å²) in [7, 11) is 0. The molecule has 0 aromatic carbocycles. The molecule has 1 unspecified atom stereocenters. The normalized spacial score (nSPS) is 22.1. The molecular weight excluding hydrogens is 178 g/mol. The van der Waals surface area contributed by atoms with E-state index in [0.717, 1.165) is 12.3 Å². The number of carboxylic acid groups (broad SMARTS) is 1. The van der Waals surface area contributed by atoms with E-state index < -0.39 is 12.0 Å². The Morgan fingerprint density at radius 3 is 2.57 bits per heavy atom. The molecule has 3 heteroatoms. The second-order valence-electron chi connectivity index (χ2n) is 4.67. The molecule has 0 spiro atoms. The Bertz CT molecular complexity index is 188. The molecule has 0 amide bonds. The average Bonchev–Trinajstić information content (AvgIpc) is 2.56. The summed E-state index contributed by atoms with van der Waals surface area (Å²) in [5.41, 5.74) is 5.49. The second kappa shape index (κ2) is 5.35. The molecule has 3 N–H and O–H groups in total. The minimum Gasteiger partial charge on any atom is -0.480 e. The van der Waals surface area contributed by atoms with Crippen molar-refractivity contribution in [2.75, 3.05) is 0 Å². The summed E-state index contributed by atoms with van der Waals surface area (Å²) in [6.45, 7) is 2.11. The van der Waals surface area contributed by atoms with Gasteiger partial charge in [0, 0.05) is 0 Å². The van der Waals surface area contributed by atoms with E-state index in [2.05, 4.69) is 6.92 Å². The second-order valence-corrected chi connectivity index (χ2v) is 4.67. The monoisotopic (exact) mass is 199 g/mol. The van der Waals surface area contributed by atoms with Crippen LogP contribution in [0.4, 0.5) is 0 Å². The van der Waals surface area contributed by atoms with Crippen molar-refractivity contribution in [1.82, 2.24) is 0 Å². The van der Waals surface area contributed by atoms with E-state index in [1.54, 1.807) is 0 Å². The first-order valence-corrected chi connectivity index (χ1v) is 5.58. The van der Waals surface area contributed by atoms with Crippen molar-refractivity contribution in [2.24, 2.45) is 17.6 Å². The zero-order valence-corrected chi connectivity index (χ0v) is 8.91. The molecule has 0 heterocycles. The van der Waals surface area contributed by atoms with E-state index in [4.69, 9.17) is 10.8 Å². The summed E-state index contributed by atoms with van der Waals surface area (Å²) in [4.78, 5) is 10.5. The van der Waals surface area contributed by atoms with Crippen LogP contribution in [-0.2, 0) is 4.79 Å². The number of aliphatic carboxylic acids is 1. The predicted molar refractivity (Wildman–Crippen MR) is 56.0 cm³/mol. The summed E-state index contributed by atoms with van der Waals surface area (Å²) < 4.78 is 0. The summed E-state index contributed by atoms with van der Waals surface area (Å²) in [6.07, 6.45) is 7.12. The maximum absolute atomic E-state index is 10.5. The fourth-order valence-corrected chi connectivity index (χ4v) is 2.45. The summed E-state index contributed by atoms with van der Waals surface area (Å²) >= 11 is 0. The lowest BCUT2D eigenvalue weighted by Crippen LogP contribution is -2.32. The molecule has 0 saturated heterocycles.